The highest BCUT2D eigenvalue weighted by Crippen LogP contribution is 2.39. The molecule has 5 nitrogen and oxygen atoms in total. The molecule has 6 heteroatoms. The summed E-state index contributed by atoms with van der Waals surface area (Å²) in [4.78, 5) is 30.7. The molecule has 166 valence electrons. The summed E-state index contributed by atoms with van der Waals surface area (Å²) in [5, 5.41) is 3.39. The summed E-state index contributed by atoms with van der Waals surface area (Å²) in [6.07, 6.45) is 0.213. The number of rotatable bonds is 8. The second-order valence-electron chi connectivity index (χ2n) is 7.63. The van der Waals surface area contributed by atoms with Crippen LogP contribution in [0.2, 0.25) is 0 Å². The number of methoxy groups -OCH3 is 1. The minimum Gasteiger partial charge on any atom is -0.497 e. The van der Waals surface area contributed by atoms with Crippen LogP contribution in [0.15, 0.2) is 78.9 Å². The molecule has 0 radical (unpaired) electrons. The predicted octanol–water partition coefficient (Wildman–Crippen LogP) is 6.40. The first-order valence-corrected chi connectivity index (χ1v) is 11.5. The summed E-state index contributed by atoms with van der Waals surface area (Å²) < 4.78 is 5.11. The van der Waals surface area contributed by atoms with Crippen molar-refractivity contribution in [2.75, 3.05) is 12.4 Å². The predicted molar refractivity (Wildman–Crippen MR) is 133 cm³/mol. The van der Waals surface area contributed by atoms with Crippen LogP contribution >= 0.6 is 11.3 Å². The van der Waals surface area contributed by atoms with E-state index in [1.807, 2.05) is 37.3 Å². The molecule has 0 saturated carbocycles. The van der Waals surface area contributed by atoms with Crippen molar-refractivity contribution in [3.05, 3.63) is 90.0 Å². The zero-order valence-corrected chi connectivity index (χ0v) is 19.3. The van der Waals surface area contributed by atoms with E-state index < -0.39 is 0 Å². The first-order valence-electron chi connectivity index (χ1n) is 10.6. The van der Waals surface area contributed by atoms with Crippen LogP contribution in [0.25, 0.3) is 21.7 Å². The third kappa shape index (κ3) is 5.54. The van der Waals surface area contributed by atoms with E-state index in [9.17, 15) is 9.59 Å². The molecule has 0 fully saturated rings. The number of ether oxygens (including phenoxy) is 1. The third-order valence-corrected chi connectivity index (χ3v) is 6.25. The van der Waals surface area contributed by atoms with E-state index in [4.69, 9.17) is 9.72 Å². The number of nitrogens with one attached hydrogen (secondary N) is 1. The normalized spacial score (nSPS) is 10.6. The van der Waals surface area contributed by atoms with Crippen LogP contribution in [0.1, 0.15) is 28.8 Å². The number of ketones is 1. The second kappa shape index (κ2) is 10.2. The van der Waals surface area contributed by atoms with Crippen molar-refractivity contribution in [1.29, 1.82) is 0 Å². The molecular weight excluding hydrogens is 432 g/mol. The van der Waals surface area contributed by atoms with E-state index in [-0.39, 0.29) is 24.5 Å². The number of Topliss-reactive ketones (excluding diaryl/α,β-unsaturated/α-hetero) is 1. The molecule has 0 aliphatic heterocycles. The molecule has 1 heterocycles. The standard InChI is InChI=1S/C27H24N2O3S/c1-18-8-10-21(11-9-18)26-25(20-6-4-3-5-7-20)29-27(33-26)28-24(31)17-16-23(30)19-12-14-22(32-2)15-13-19/h3-15H,16-17H2,1-2H3,(H,28,29,31). The number of carbonyl (C=O) groups is 2. The number of nitrogens with zero attached hydrogens (tertiary/aromatic N) is 1. The maximum Gasteiger partial charge on any atom is 0.226 e. The molecule has 0 aliphatic carbocycles. The number of amides is 1. The van der Waals surface area contributed by atoms with Crippen LogP contribution < -0.4 is 10.1 Å². The smallest absolute Gasteiger partial charge is 0.226 e. The Morgan fingerprint density at radius 2 is 1.58 bits per heavy atom. The zero-order chi connectivity index (χ0) is 23.2. The summed E-state index contributed by atoms with van der Waals surface area (Å²) in [6.45, 7) is 2.05. The van der Waals surface area contributed by atoms with E-state index in [1.54, 1.807) is 31.4 Å². The molecule has 0 spiro atoms. The van der Waals surface area contributed by atoms with E-state index in [0.29, 0.717) is 16.4 Å². The van der Waals surface area contributed by atoms with Gasteiger partial charge in [-0.3, -0.25) is 9.59 Å². The Labute approximate surface area is 197 Å². The summed E-state index contributed by atoms with van der Waals surface area (Å²) in [5.74, 6) is 0.365. The SMILES string of the molecule is COc1ccc(C(=O)CCC(=O)Nc2nc(-c3ccccc3)c(-c3ccc(C)cc3)s2)cc1. The maximum absolute atomic E-state index is 12.6. The van der Waals surface area contributed by atoms with Crippen LogP contribution in [0, 0.1) is 6.92 Å². The van der Waals surface area contributed by atoms with Gasteiger partial charge < -0.3 is 10.1 Å². The lowest BCUT2D eigenvalue weighted by Crippen LogP contribution is -2.13. The lowest BCUT2D eigenvalue weighted by Gasteiger charge is -2.03. The van der Waals surface area contributed by atoms with E-state index in [2.05, 4.69) is 29.6 Å². The summed E-state index contributed by atoms with van der Waals surface area (Å²) in [7, 11) is 1.58. The Bertz CT molecular complexity index is 1250. The van der Waals surface area contributed by atoms with Crippen LogP contribution in [0.5, 0.6) is 5.75 Å². The fraction of sp³-hybridized carbons (Fsp3) is 0.148. The van der Waals surface area contributed by atoms with E-state index in [1.165, 1.54) is 16.9 Å². The maximum atomic E-state index is 12.6. The molecule has 0 bridgehead atoms. The number of hydrogen-bond acceptors (Lipinski definition) is 5. The lowest BCUT2D eigenvalue weighted by atomic mass is 10.1. The van der Waals surface area contributed by atoms with Crippen molar-refractivity contribution in [2.24, 2.45) is 0 Å². The molecule has 3 aromatic carbocycles. The fourth-order valence-electron chi connectivity index (χ4n) is 3.40. The van der Waals surface area contributed by atoms with Gasteiger partial charge in [0.25, 0.3) is 0 Å². The van der Waals surface area contributed by atoms with Crippen molar-refractivity contribution in [1.82, 2.24) is 4.98 Å². The van der Waals surface area contributed by atoms with Gasteiger partial charge in [0.15, 0.2) is 10.9 Å². The molecule has 0 saturated heterocycles. The number of aryl methyl sites for hydroxylation is 1. The second-order valence-corrected chi connectivity index (χ2v) is 8.63. The van der Waals surface area contributed by atoms with Gasteiger partial charge in [-0.1, -0.05) is 71.5 Å². The molecule has 0 aliphatic rings. The quantitative estimate of drug-likeness (QED) is 0.312. The van der Waals surface area contributed by atoms with Crippen LogP contribution in [0.4, 0.5) is 5.13 Å². The Hall–Kier alpha value is -3.77. The van der Waals surface area contributed by atoms with Gasteiger partial charge in [-0.15, -0.1) is 0 Å². The molecule has 4 aromatic rings. The van der Waals surface area contributed by atoms with Gasteiger partial charge in [-0.2, -0.15) is 0 Å². The topological polar surface area (TPSA) is 68.3 Å². The third-order valence-electron chi connectivity index (χ3n) is 5.23. The van der Waals surface area contributed by atoms with Crippen molar-refractivity contribution in [2.45, 2.75) is 19.8 Å². The minimum absolute atomic E-state index is 0.0859. The van der Waals surface area contributed by atoms with Gasteiger partial charge in [-0.05, 0) is 36.8 Å². The van der Waals surface area contributed by atoms with Gasteiger partial charge >= 0.3 is 0 Å². The van der Waals surface area contributed by atoms with Crippen molar-refractivity contribution in [3.8, 4) is 27.4 Å². The highest BCUT2D eigenvalue weighted by atomic mass is 32.1. The number of thiazole rings is 1. The zero-order valence-electron chi connectivity index (χ0n) is 18.5. The summed E-state index contributed by atoms with van der Waals surface area (Å²) >= 11 is 1.43. The average Bonchev–Trinajstić information content (AvgIpc) is 3.27. The van der Waals surface area contributed by atoms with Crippen molar-refractivity contribution < 1.29 is 14.3 Å². The molecule has 1 N–H and O–H groups in total. The Kier molecular flexibility index (Phi) is 6.95. The number of anilines is 1. The molecule has 0 unspecified atom stereocenters. The number of benzene rings is 3. The van der Waals surface area contributed by atoms with Gasteiger partial charge in [0.05, 0.1) is 17.7 Å². The molecule has 1 amide bonds. The minimum atomic E-state index is -0.235. The number of carbonyl (C=O) groups excluding carboxylic acids is 2. The van der Waals surface area contributed by atoms with E-state index >= 15 is 0 Å². The van der Waals surface area contributed by atoms with Gasteiger partial charge in [0, 0.05) is 24.0 Å². The van der Waals surface area contributed by atoms with Crippen LogP contribution in [0.3, 0.4) is 0 Å². The van der Waals surface area contributed by atoms with Crippen LogP contribution in [-0.4, -0.2) is 23.8 Å². The number of hydrogen-bond donors (Lipinski definition) is 1. The highest BCUT2D eigenvalue weighted by Gasteiger charge is 2.17. The molecule has 33 heavy (non-hydrogen) atoms. The monoisotopic (exact) mass is 456 g/mol. The van der Waals surface area contributed by atoms with Crippen LogP contribution in [-0.2, 0) is 4.79 Å². The van der Waals surface area contributed by atoms with Gasteiger partial charge in [0.1, 0.15) is 5.75 Å². The lowest BCUT2D eigenvalue weighted by molar-refractivity contribution is -0.116. The largest absolute Gasteiger partial charge is 0.497 e. The molecule has 1 aromatic heterocycles. The Balaban J connectivity index is 1.48. The van der Waals surface area contributed by atoms with Crippen molar-refractivity contribution in [3.63, 3.8) is 0 Å². The number of aromatic nitrogens is 1. The fourth-order valence-corrected chi connectivity index (χ4v) is 4.41. The summed E-state index contributed by atoms with van der Waals surface area (Å²) in [6, 6.07) is 25.1. The molecular formula is C27H24N2O3S. The first kappa shape index (κ1) is 22.4. The molecule has 0 atom stereocenters. The van der Waals surface area contributed by atoms with Gasteiger partial charge in [0.2, 0.25) is 5.91 Å². The summed E-state index contributed by atoms with van der Waals surface area (Å²) in [5.41, 5.74) is 4.60. The van der Waals surface area contributed by atoms with Gasteiger partial charge in [-0.25, -0.2) is 4.98 Å². The highest BCUT2D eigenvalue weighted by molar-refractivity contribution is 7.19. The first-order chi connectivity index (χ1) is 16.0. The Morgan fingerprint density at radius 3 is 2.24 bits per heavy atom. The van der Waals surface area contributed by atoms with Crippen molar-refractivity contribution >= 4 is 28.2 Å². The Morgan fingerprint density at radius 1 is 0.879 bits per heavy atom. The average molecular weight is 457 g/mol. The van der Waals surface area contributed by atoms with E-state index in [0.717, 1.165) is 21.7 Å². The molecule has 4 rings (SSSR count).